The number of ether oxygens (including phenoxy) is 1. The van der Waals surface area contributed by atoms with E-state index in [9.17, 15) is 4.79 Å². The van der Waals surface area contributed by atoms with Gasteiger partial charge in [0, 0.05) is 12.2 Å². The summed E-state index contributed by atoms with van der Waals surface area (Å²) in [7, 11) is 0. The second-order valence-corrected chi connectivity index (χ2v) is 4.98. The molecule has 4 nitrogen and oxygen atoms in total. The number of benzene rings is 1. The molecule has 0 spiro atoms. The average Bonchev–Trinajstić information content (AvgIpc) is 2.83. The highest BCUT2D eigenvalue weighted by Crippen LogP contribution is 2.20. The Morgan fingerprint density at radius 2 is 2.26 bits per heavy atom. The van der Waals surface area contributed by atoms with Crippen molar-refractivity contribution in [2.45, 2.75) is 45.4 Å². The largest absolute Gasteiger partial charge is 0.365 e. The third kappa shape index (κ3) is 4.04. The van der Waals surface area contributed by atoms with Gasteiger partial charge >= 0.3 is 0 Å². The van der Waals surface area contributed by atoms with E-state index in [2.05, 4.69) is 17.6 Å². The Kier molecular flexibility index (Phi) is 4.93. The normalized spacial score (nSPS) is 22.4. The Labute approximate surface area is 114 Å². The van der Waals surface area contributed by atoms with Crippen LogP contribution in [0.2, 0.25) is 0 Å². The predicted octanol–water partition coefficient (Wildman–Crippen LogP) is 2.30. The molecule has 104 valence electrons. The summed E-state index contributed by atoms with van der Waals surface area (Å²) >= 11 is 0. The standard InChI is InChI=1S/C15H22N2O2/c1-3-16-10-12-5-4-6-13(9-12)17-15(18)14-8-7-11(2)19-14/h4-6,9,11,14,16H,3,7-8,10H2,1-2H3,(H,17,18). The molecule has 1 aliphatic heterocycles. The Hall–Kier alpha value is -1.39. The van der Waals surface area contributed by atoms with Gasteiger partial charge in [-0.2, -0.15) is 0 Å². The molecular formula is C15H22N2O2. The van der Waals surface area contributed by atoms with Crippen LogP contribution >= 0.6 is 0 Å². The predicted molar refractivity (Wildman–Crippen MR) is 76.0 cm³/mol. The molecule has 0 radical (unpaired) electrons. The van der Waals surface area contributed by atoms with Gasteiger partial charge in [-0.25, -0.2) is 0 Å². The molecule has 2 rings (SSSR count). The number of nitrogens with one attached hydrogen (secondary N) is 2. The molecular weight excluding hydrogens is 240 g/mol. The maximum Gasteiger partial charge on any atom is 0.253 e. The zero-order valence-electron chi connectivity index (χ0n) is 11.6. The SMILES string of the molecule is CCNCc1cccc(NC(=O)C2CCC(C)O2)c1. The summed E-state index contributed by atoms with van der Waals surface area (Å²) in [6.07, 6.45) is 1.66. The molecule has 1 aromatic carbocycles. The first-order valence-corrected chi connectivity index (χ1v) is 6.95. The second-order valence-electron chi connectivity index (χ2n) is 4.98. The van der Waals surface area contributed by atoms with E-state index in [4.69, 9.17) is 4.74 Å². The number of anilines is 1. The van der Waals surface area contributed by atoms with Crippen LogP contribution in [0.15, 0.2) is 24.3 Å². The summed E-state index contributed by atoms with van der Waals surface area (Å²) in [6.45, 7) is 5.83. The number of rotatable bonds is 5. The van der Waals surface area contributed by atoms with Crippen LogP contribution in [0.4, 0.5) is 5.69 Å². The van der Waals surface area contributed by atoms with Crippen molar-refractivity contribution in [2.75, 3.05) is 11.9 Å². The lowest BCUT2D eigenvalue weighted by molar-refractivity contribution is -0.126. The van der Waals surface area contributed by atoms with E-state index in [1.807, 2.05) is 31.2 Å². The van der Waals surface area contributed by atoms with Crippen molar-refractivity contribution in [3.8, 4) is 0 Å². The molecule has 1 amide bonds. The first-order chi connectivity index (χ1) is 9.19. The monoisotopic (exact) mass is 262 g/mol. The van der Waals surface area contributed by atoms with Crippen molar-refractivity contribution in [1.82, 2.24) is 5.32 Å². The molecule has 1 aromatic rings. The van der Waals surface area contributed by atoms with Crippen molar-refractivity contribution >= 4 is 11.6 Å². The lowest BCUT2D eigenvalue weighted by atomic mass is 10.1. The van der Waals surface area contributed by atoms with Gasteiger partial charge < -0.3 is 15.4 Å². The summed E-state index contributed by atoms with van der Waals surface area (Å²) in [6, 6.07) is 7.91. The van der Waals surface area contributed by atoms with Gasteiger partial charge in [0.1, 0.15) is 6.10 Å². The maximum absolute atomic E-state index is 12.0. The molecule has 19 heavy (non-hydrogen) atoms. The number of amides is 1. The Morgan fingerprint density at radius 1 is 1.42 bits per heavy atom. The van der Waals surface area contributed by atoms with E-state index in [0.717, 1.165) is 31.6 Å². The molecule has 0 bridgehead atoms. The van der Waals surface area contributed by atoms with Gasteiger partial charge in [-0.15, -0.1) is 0 Å². The smallest absolute Gasteiger partial charge is 0.253 e. The lowest BCUT2D eigenvalue weighted by Gasteiger charge is -2.12. The quantitative estimate of drug-likeness (QED) is 0.856. The number of hydrogen-bond donors (Lipinski definition) is 2. The molecule has 2 atom stereocenters. The summed E-state index contributed by atoms with van der Waals surface area (Å²) in [5, 5.41) is 6.20. The molecule has 1 heterocycles. The van der Waals surface area contributed by atoms with E-state index in [0.29, 0.717) is 0 Å². The maximum atomic E-state index is 12.0. The minimum atomic E-state index is -0.299. The molecule has 1 saturated heterocycles. The van der Waals surface area contributed by atoms with Gasteiger partial charge in [0.05, 0.1) is 6.10 Å². The lowest BCUT2D eigenvalue weighted by Crippen LogP contribution is -2.27. The van der Waals surface area contributed by atoms with Crippen molar-refractivity contribution in [3.05, 3.63) is 29.8 Å². The molecule has 0 aromatic heterocycles. The highest BCUT2D eigenvalue weighted by Gasteiger charge is 2.28. The van der Waals surface area contributed by atoms with E-state index in [1.54, 1.807) is 0 Å². The van der Waals surface area contributed by atoms with Crippen LogP contribution in [0.5, 0.6) is 0 Å². The zero-order chi connectivity index (χ0) is 13.7. The Balaban J connectivity index is 1.93. The fraction of sp³-hybridized carbons (Fsp3) is 0.533. The Bertz CT molecular complexity index is 434. The first kappa shape index (κ1) is 14.0. The first-order valence-electron chi connectivity index (χ1n) is 6.95. The number of carbonyl (C=O) groups excluding carboxylic acids is 1. The van der Waals surface area contributed by atoms with Crippen LogP contribution in [0.3, 0.4) is 0 Å². The molecule has 2 unspecified atom stereocenters. The summed E-state index contributed by atoms with van der Waals surface area (Å²) < 4.78 is 5.57. The average molecular weight is 262 g/mol. The zero-order valence-corrected chi connectivity index (χ0v) is 11.6. The molecule has 2 N–H and O–H groups in total. The topological polar surface area (TPSA) is 50.4 Å². The van der Waals surface area contributed by atoms with Gasteiger partial charge in [0.2, 0.25) is 0 Å². The van der Waals surface area contributed by atoms with Gasteiger partial charge in [-0.3, -0.25) is 4.79 Å². The van der Waals surface area contributed by atoms with Crippen LogP contribution in [0.1, 0.15) is 32.3 Å². The molecule has 1 aliphatic rings. The van der Waals surface area contributed by atoms with Gasteiger partial charge in [0.15, 0.2) is 0 Å². The third-order valence-corrected chi connectivity index (χ3v) is 3.30. The number of carbonyl (C=O) groups is 1. The van der Waals surface area contributed by atoms with Crippen LogP contribution in [0.25, 0.3) is 0 Å². The highest BCUT2D eigenvalue weighted by atomic mass is 16.5. The minimum Gasteiger partial charge on any atom is -0.365 e. The van der Waals surface area contributed by atoms with Crippen LogP contribution in [0, 0.1) is 0 Å². The van der Waals surface area contributed by atoms with E-state index in [-0.39, 0.29) is 18.1 Å². The minimum absolute atomic E-state index is 0.0371. The van der Waals surface area contributed by atoms with E-state index < -0.39 is 0 Å². The summed E-state index contributed by atoms with van der Waals surface area (Å²) in [4.78, 5) is 12.0. The molecule has 0 saturated carbocycles. The summed E-state index contributed by atoms with van der Waals surface area (Å²) in [5.41, 5.74) is 2.00. The molecule has 1 fully saturated rings. The number of hydrogen-bond acceptors (Lipinski definition) is 3. The van der Waals surface area contributed by atoms with Gasteiger partial charge in [0.25, 0.3) is 5.91 Å². The van der Waals surface area contributed by atoms with Crippen molar-refractivity contribution in [3.63, 3.8) is 0 Å². The van der Waals surface area contributed by atoms with Crippen LogP contribution in [-0.4, -0.2) is 24.7 Å². The highest BCUT2D eigenvalue weighted by molar-refractivity contribution is 5.94. The molecule has 4 heteroatoms. The fourth-order valence-electron chi connectivity index (χ4n) is 2.25. The second kappa shape index (κ2) is 6.68. The van der Waals surface area contributed by atoms with Crippen molar-refractivity contribution < 1.29 is 9.53 Å². The van der Waals surface area contributed by atoms with Crippen molar-refractivity contribution in [2.24, 2.45) is 0 Å². The van der Waals surface area contributed by atoms with E-state index in [1.165, 1.54) is 5.56 Å². The Morgan fingerprint density at radius 3 is 2.95 bits per heavy atom. The third-order valence-electron chi connectivity index (χ3n) is 3.30. The molecule has 0 aliphatic carbocycles. The van der Waals surface area contributed by atoms with E-state index >= 15 is 0 Å². The fourth-order valence-corrected chi connectivity index (χ4v) is 2.25. The van der Waals surface area contributed by atoms with Gasteiger partial charge in [-0.1, -0.05) is 19.1 Å². The summed E-state index contributed by atoms with van der Waals surface area (Å²) in [5.74, 6) is -0.0371. The van der Waals surface area contributed by atoms with Crippen LogP contribution in [-0.2, 0) is 16.1 Å². The van der Waals surface area contributed by atoms with Crippen molar-refractivity contribution in [1.29, 1.82) is 0 Å². The van der Waals surface area contributed by atoms with Crippen LogP contribution < -0.4 is 10.6 Å². The van der Waals surface area contributed by atoms with Gasteiger partial charge in [-0.05, 0) is 44.0 Å².